The second-order valence-electron chi connectivity index (χ2n) is 13.1. The molecule has 0 aliphatic heterocycles. The molecule has 1 aliphatic rings. The van der Waals surface area contributed by atoms with Crippen LogP contribution in [0.15, 0.2) is 91.6 Å². The van der Waals surface area contributed by atoms with E-state index in [0.717, 1.165) is 29.5 Å². The lowest BCUT2D eigenvalue weighted by atomic mass is 9.99. The summed E-state index contributed by atoms with van der Waals surface area (Å²) in [5, 5.41) is 3.97. The molecule has 1 N–H and O–H groups in total. The summed E-state index contributed by atoms with van der Waals surface area (Å²) in [5.74, 6) is 1.90. The first-order valence-electron chi connectivity index (χ1n) is 17.4. The van der Waals surface area contributed by atoms with Crippen LogP contribution in [0.3, 0.4) is 0 Å². The van der Waals surface area contributed by atoms with Gasteiger partial charge in [0.1, 0.15) is 36.0 Å². The lowest BCUT2D eigenvalue weighted by molar-refractivity contribution is -0.137. The zero-order chi connectivity index (χ0) is 37.8. The Morgan fingerprint density at radius 2 is 1.59 bits per heavy atom. The SMILES string of the molecule is COc1ccc(CN(Cc2ccc(OC)cc2)c2cc(C)c(C(F)(F)F)c(-c3cc4ncncc4c(OCCNC4CCc5ccncc54)c3Cl)n2)cc1. The highest BCUT2D eigenvalue weighted by Crippen LogP contribution is 2.46. The predicted octanol–water partition coefficient (Wildman–Crippen LogP) is 8.95. The average Bonchev–Trinajstić information content (AvgIpc) is 3.59. The van der Waals surface area contributed by atoms with Gasteiger partial charge in [-0.1, -0.05) is 35.9 Å². The van der Waals surface area contributed by atoms with Gasteiger partial charge in [-0.3, -0.25) is 4.98 Å². The summed E-state index contributed by atoms with van der Waals surface area (Å²) < 4.78 is 62.0. The zero-order valence-corrected chi connectivity index (χ0v) is 30.7. The number of ether oxygens (including phenoxy) is 3. The van der Waals surface area contributed by atoms with E-state index in [1.54, 1.807) is 26.6 Å². The summed E-state index contributed by atoms with van der Waals surface area (Å²) in [7, 11) is 3.18. The molecule has 0 amide bonds. The Hall–Kier alpha value is -5.46. The molecule has 6 aromatic rings. The van der Waals surface area contributed by atoms with E-state index in [1.807, 2.05) is 65.7 Å². The summed E-state index contributed by atoms with van der Waals surface area (Å²) in [6.45, 7) is 2.77. The lowest BCUT2D eigenvalue weighted by Crippen LogP contribution is -2.25. The van der Waals surface area contributed by atoms with Gasteiger partial charge in [0.05, 0.1) is 41.4 Å². The smallest absolute Gasteiger partial charge is 0.418 e. The minimum absolute atomic E-state index is 0.00573. The fraction of sp³-hybridized carbons (Fsp3) is 0.268. The fourth-order valence-electron chi connectivity index (χ4n) is 6.90. The maximum Gasteiger partial charge on any atom is 0.418 e. The molecule has 0 saturated heterocycles. The largest absolute Gasteiger partial charge is 0.497 e. The average molecular weight is 755 g/mol. The third-order valence-electron chi connectivity index (χ3n) is 9.60. The molecule has 3 aromatic heterocycles. The summed E-state index contributed by atoms with van der Waals surface area (Å²) in [6.07, 6.45) is 3.70. The molecule has 0 fully saturated rings. The van der Waals surface area contributed by atoms with Gasteiger partial charge in [-0.15, -0.1) is 0 Å². The van der Waals surface area contributed by atoms with Gasteiger partial charge >= 0.3 is 6.18 Å². The van der Waals surface area contributed by atoms with Crippen LogP contribution in [0.2, 0.25) is 5.02 Å². The molecule has 0 spiro atoms. The minimum Gasteiger partial charge on any atom is -0.497 e. The van der Waals surface area contributed by atoms with Crippen molar-refractivity contribution in [2.24, 2.45) is 0 Å². The van der Waals surface area contributed by atoms with Gasteiger partial charge in [0.2, 0.25) is 0 Å². The van der Waals surface area contributed by atoms with Gasteiger partial charge in [0.15, 0.2) is 0 Å². The summed E-state index contributed by atoms with van der Waals surface area (Å²) in [6, 6.07) is 20.2. The quantitative estimate of drug-likeness (QED) is 0.116. The normalized spacial score (nSPS) is 13.9. The number of aryl methyl sites for hydroxylation is 2. The third-order valence-corrected chi connectivity index (χ3v) is 9.97. The van der Waals surface area contributed by atoms with Crippen LogP contribution in [0.1, 0.15) is 45.8 Å². The van der Waals surface area contributed by atoms with Gasteiger partial charge in [-0.25, -0.2) is 15.0 Å². The van der Waals surface area contributed by atoms with Crippen molar-refractivity contribution in [3.63, 3.8) is 0 Å². The number of alkyl halides is 3. The van der Waals surface area contributed by atoms with E-state index in [9.17, 15) is 0 Å². The highest BCUT2D eigenvalue weighted by molar-refractivity contribution is 6.36. The van der Waals surface area contributed by atoms with E-state index in [4.69, 9.17) is 30.8 Å². The number of rotatable bonds is 13. The van der Waals surface area contributed by atoms with Gasteiger partial charge in [-0.2, -0.15) is 13.2 Å². The number of aromatic nitrogens is 4. The monoisotopic (exact) mass is 754 g/mol. The fourth-order valence-corrected chi connectivity index (χ4v) is 7.20. The summed E-state index contributed by atoms with van der Waals surface area (Å²) in [4.78, 5) is 19.5. The van der Waals surface area contributed by atoms with E-state index >= 15 is 13.2 Å². The molecule has 1 atom stereocenters. The van der Waals surface area contributed by atoms with Crippen LogP contribution < -0.4 is 24.4 Å². The van der Waals surface area contributed by atoms with Gasteiger partial charge in [0.25, 0.3) is 0 Å². The molecule has 13 heteroatoms. The molecule has 0 radical (unpaired) electrons. The molecule has 0 saturated carbocycles. The molecule has 7 rings (SSSR count). The number of halogens is 4. The summed E-state index contributed by atoms with van der Waals surface area (Å²) in [5.41, 5.74) is 3.44. The minimum atomic E-state index is -4.75. The number of fused-ring (bicyclic) bond motifs is 2. The predicted molar refractivity (Wildman–Crippen MR) is 202 cm³/mol. The maximum atomic E-state index is 15.0. The molecular weight excluding hydrogens is 717 g/mol. The number of pyridine rings is 2. The molecule has 9 nitrogen and oxygen atoms in total. The van der Waals surface area contributed by atoms with Crippen LogP contribution >= 0.6 is 11.6 Å². The highest BCUT2D eigenvalue weighted by Gasteiger charge is 2.38. The van der Waals surface area contributed by atoms with Crippen LogP contribution in [0.4, 0.5) is 19.0 Å². The Morgan fingerprint density at radius 1 is 0.907 bits per heavy atom. The third kappa shape index (κ3) is 7.90. The van der Waals surface area contributed by atoms with Crippen LogP contribution in [0, 0.1) is 6.92 Å². The Bertz CT molecular complexity index is 2200. The van der Waals surface area contributed by atoms with Crippen molar-refractivity contribution in [1.29, 1.82) is 0 Å². The van der Waals surface area contributed by atoms with E-state index in [2.05, 4.69) is 20.3 Å². The van der Waals surface area contributed by atoms with Crippen molar-refractivity contribution in [1.82, 2.24) is 25.3 Å². The lowest BCUT2D eigenvalue weighted by Gasteiger charge is -2.27. The van der Waals surface area contributed by atoms with E-state index in [0.29, 0.717) is 47.9 Å². The molecule has 1 unspecified atom stereocenters. The second kappa shape index (κ2) is 15.9. The van der Waals surface area contributed by atoms with Crippen molar-refractivity contribution in [3.8, 4) is 28.5 Å². The molecule has 54 heavy (non-hydrogen) atoms. The van der Waals surface area contributed by atoms with Gasteiger partial charge < -0.3 is 24.4 Å². The number of hydrogen-bond acceptors (Lipinski definition) is 9. The van der Waals surface area contributed by atoms with Gasteiger partial charge in [-0.05, 0) is 90.0 Å². The molecular formula is C41H38ClF3N6O3. The topological polar surface area (TPSA) is 94.5 Å². The Kier molecular flexibility index (Phi) is 10.8. The first-order valence-corrected chi connectivity index (χ1v) is 17.8. The first-order chi connectivity index (χ1) is 26.1. The van der Waals surface area contributed by atoms with Crippen LogP contribution in [0.5, 0.6) is 17.2 Å². The number of hydrogen-bond donors (Lipinski definition) is 1. The van der Waals surface area contributed by atoms with Crippen molar-refractivity contribution >= 4 is 28.3 Å². The Morgan fingerprint density at radius 3 is 2.24 bits per heavy atom. The molecule has 3 heterocycles. The second-order valence-corrected chi connectivity index (χ2v) is 13.4. The number of nitrogens with zero attached hydrogens (tertiary/aromatic N) is 5. The van der Waals surface area contributed by atoms with Crippen LogP contribution in [0.25, 0.3) is 22.2 Å². The molecule has 0 bridgehead atoms. The number of methoxy groups -OCH3 is 2. The van der Waals surface area contributed by atoms with Crippen LogP contribution in [-0.4, -0.2) is 47.3 Å². The van der Waals surface area contributed by atoms with Crippen molar-refractivity contribution in [3.05, 3.63) is 130 Å². The number of anilines is 1. The number of nitrogens with one attached hydrogen (secondary N) is 1. The maximum absolute atomic E-state index is 15.0. The van der Waals surface area contributed by atoms with Gasteiger partial charge in [0, 0.05) is 49.8 Å². The zero-order valence-electron chi connectivity index (χ0n) is 30.0. The van der Waals surface area contributed by atoms with Crippen molar-refractivity contribution in [2.75, 3.05) is 32.3 Å². The standard InChI is InChI=1S/C41H38ClF3N6O3/c1-25-18-36(51(22-26-4-9-29(52-2)10-5-26)23-27-6-11-30(53-3)12-7-27)50-39(37(25)41(43,44)45)31-19-35-33(21-47-24-49-35)40(38(31)42)54-17-16-48-34-13-8-28-14-15-46-20-32(28)34/h4-7,9-12,14-15,18-21,24,34,48H,8,13,16-17,22-23H2,1-3H3. The first kappa shape index (κ1) is 36.9. The Balaban J connectivity index is 1.27. The Labute approximate surface area is 316 Å². The molecule has 3 aromatic carbocycles. The van der Waals surface area contributed by atoms with Crippen molar-refractivity contribution in [2.45, 2.75) is 45.1 Å². The number of benzene rings is 3. The molecule has 278 valence electrons. The molecule has 1 aliphatic carbocycles. The van der Waals surface area contributed by atoms with Crippen LogP contribution in [-0.2, 0) is 25.7 Å². The van der Waals surface area contributed by atoms with E-state index in [1.165, 1.54) is 30.9 Å². The van der Waals surface area contributed by atoms with E-state index in [-0.39, 0.29) is 40.2 Å². The van der Waals surface area contributed by atoms with E-state index < -0.39 is 11.7 Å². The summed E-state index contributed by atoms with van der Waals surface area (Å²) >= 11 is 7.06. The van der Waals surface area contributed by atoms with Crippen molar-refractivity contribution < 1.29 is 27.4 Å². The highest BCUT2D eigenvalue weighted by atomic mass is 35.5.